The van der Waals surface area contributed by atoms with E-state index in [1.165, 1.54) is 0 Å². The zero-order chi connectivity index (χ0) is 10.1. The molecule has 0 bridgehead atoms. The number of likely N-dealkylation sites (N-methyl/N-ethyl adjacent to an activating group) is 1. The van der Waals surface area contributed by atoms with E-state index in [0.717, 1.165) is 19.5 Å². The molecule has 0 aliphatic carbocycles. The van der Waals surface area contributed by atoms with Crippen molar-refractivity contribution in [3.8, 4) is 0 Å². The third kappa shape index (κ3) is 9.30. The first kappa shape index (κ1) is 12.4. The Labute approximate surface area is 80.7 Å². The van der Waals surface area contributed by atoms with E-state index in [1.807, 2.05) is 19.0 Å². The number of rotatable bonds is 7. The van der Waals surface area contributed by atoms with Gasteiger partial charge in [-0.1, -0.05) is 6.92 Å². The highest BCUT2D eigenvalue weighted by atomic mass is 16.1. The fraction of sp³-hybridized carbons (Fsp3) is 0.889. The fourth-order valence-electron chi connectivity index (χ4n) is 0.935. The molecular weight excluding hydrogens is 166 g/mol. The third-order valence-corrected chi connectivity index (χ3v) is 1.51. The number of carbonyl (C=O) groups is 1. The van der Waals surface area contributed by atoms with E-state index in [2.05, 4.69) is 17.6 Å². The number of amides is 1. The summed E-state index contributed by atoms with van der Waals surface area (Å²) in [4.78, 5) is 13.0. The normalized spacial score (nSPS) is 10.5. The molecule has 0 rings (SSSR count). The van der Waals surface area contributed by atoms with Crippen LogP contribution < -0.4 is 10.6 Å². The Morgan fingerprint density at radius 1 is 1.23 bits per heavy atom. The van der Waals surface area contributed by atoms with Gasteiger partial charge < -0.3 is 15.5 Å². The van der Waals surface area contributed by atoms with Crippen LogP contribution in [-0.2, 0) is 4.79 Å². The summed E-state index contributed by atoms with van der Waals surface area (Å²) < 4.78 is 0. The molecule has 0 fully saturated rings. The van der Waals surface area contributed by atoms with Gasteiger partial charge in [-0.15, -0.1) is 0 Å². The lowest BCUT2D eigenvalue weighted by Crippen LogP contribution is -2.37. The highest BCUT2D eigenvalue weighted by molar-refractivity contribution is 5.77. The summed E-state index contributed by atoms with van der Waals surface area (Å²) in [6.07, 6.45) is 1.13. The minimum absolute atomic E-state index is 0.0864. The molecule has 2 N–H and O–H groups in total. The largest absolute Gasteiger partial charge is 0.354 e. The number of carbonyl (C=O) groups excluding carboxylic acids is 1. The molecule has 13 heavy (non-hydrogen) atoms. The van der Waals surface area contributed by atoms with E-state index in [4.69, 9.17) is 0 Å². The molecule has 0 aromatic heterocycles. The van der Waals surface area contributed by atoms with Crippen molar-refractivity contribution < 1.29 is 4.79 Å². The summed E-state index contributed by atoms with van der Waals surface area (Å²) in [5.74, 6) is 0.0864. The Hall–Kier alpha value is -0.610. The monoisotopic (exact) mass is 187 g/mol. The second-order valence-corrected chi connectivity index (χ2v) is 3.34. The minimum Gasteiger partial charge on any atom is -0.354 e. The van der Waals surface area contributed by atoms with E-state index >= 15 is 0 Å². The van der Waals surface area contributed by atoms with Gasteiger partial charge in [-0.25, -0.2) is 0 Å². The molecule has 0 atom stereocenters. The highest BCUT2D eigenvalue weighted by Crippen LogP contribution is 1.73. The summed E-state index contributed by atoms with van der Waals surface area (Å²) in [6.45, 7) is 5.18. The van der Waals surface area contributed by atoms with Crippen LogP contribution >= 0.6 is 0 Å². The third-order valence-electron chi connectivity index (χ3n) is 1.51. The standard InChI is InChI=1S/C9H21N3O/c1-4-5-10-6-7-11-9(13)8-12(2)3/h10H,4-8H2,1-3H3,(H,11,13). The van der Waals surface area contributed by atoms with Crippen molar-refractivity contribution in [3.63, 3.8) is 0 Å². The van der Waals surface area contributed by atoms with E-state index in [0.29, 0.717) is 13.1 Å². The van der Waals surface area contributed by atoms with Crippen LogP contribution in [0.15, 0.2) is 0 Å². The predicted molar refractivity (Wildman–Crippen MR) is 54.7 cm³/mol. The Balaban J connectivity index is 3.17. The molecule has 1 amide bonds. The zero-order valence-electron chi connectivity index (χ0n) is 8.89. The molecule has 0 spiro atoms. The van der Waals surface area contributed by atoms with Gasteiger partial charge in [0.1, 0.15) is 0 Å². The van der Waals surface area contributed by atoms with E-state index < -0.39 is 0 Å². The first-order valence-electron chi connectivity index (χ1n) is 4.79. The van der Waals surface area contributed by atoms with E-state index in [1.54, 1.807) is 0 Å². The number of nitrogens with one attached hydrogen (secondary N) is 2. The molecule has 0 heterocycles. The van der Waals surface area contributed by atoms with Gasteiger partial charge in [0.2, 0.25) is 5.91 Å². The average Bonchev–Trinajstić information content (AvgIpc) is 2.02. The molecule has 0 aromatic carbocycles. The molecule has 0 saturated carbocycles. The predicted octanol–water partition coefficient (Wildman–Crippen LogP) is -0.336. The van der Waals surface area contributed by atoms with Gasteiger partial charge in [0.05, 0.1) is 6.54 Å². The molecule has 78 valence electrons. The second-order valence-electron chi connectivity index (χ2n) is 3.34. The van der Waals surface area contributed by atoms with Crippen LogP contribution in [0.3, 0.4) is 0 Å². The maximum absolute atomic E-state index is 11.1. The Bertz CT molecular complexity index is 137. The minimum atomic E-state index is 0.0864. The van der Waals surface area contributed by atoms with Crippen molar-refractivity contribution >= 4 is 5.91 Å². The van der Waals surface area contributed by atoms with Crippen LogP contribution in [0.1, 0.15) is 13.3 Å². The maximum Gasteiger partial charge on any atom is 0.234 e. The van der Waals surface area contributed by atoms with Crippen molar-refractivity contribution in [2.24, 2.45) is 0 Å². The van der Waals surface area contributed by atoms with Crippen LogP contribution in [0.2, 0.25) is 0 Å². The van der Waals surface area contributed by atoms with Crippen molar-refractivity contribution in [1.82, 2.24) is 15.5 Å². The van der Waals surface area contributed by atoms with Crippen LogP contribution in [0.25, 0.3) is 0 Å². The van der Waals surface area contributed by atoms with Crippen molar-refractivity contribution in [3.05, 3.63) is 0 Å². The van der Waals surface area contributed by atoms with Crippen LogP contribution in [0.4, 0.5) is 0 Å². The lowest BCUT2D eigenvalue weighted by molar-refractivity contribution is -0.121. The number of hydrogen-bond donors (Lipinski definition) is 2. The molecular formula is C9H21N3O. The summed E-state index contributed by atoms with van der Waals surface area (Å²) in [7, 11) is 3.77. The van der Waals surface area contributed by atoms with Gasteiger partial charge in [0, 0.05) is 13.1 Å². The van der Waals surface area contributed by atoms with Crippen LogP contribution in [0.5, 0.6) is 0 Å². The van der Waals surface area contributed by atoms with Gasteiger partial charge in [-0.3, -0.25) is 4.79 Å². The molecule has 0 aliphatic rings. The fourth-order valence-corrected chi connectivity index (χ4v) is 0.935. The second kappa shape index (κ2) is 8.01. The van der Waals surface area contributed by atoms with Crippen molar-refractivity contribution in [2.75, 3.05) is 40.3 Å². The van der Waals surface area contributed by atoms with E-state index in [9.17, 15) is 4.79 Å². The Morgan fingerprint density at radius 2 is 1.92 bits per heavy atom. The van der Waals surface area contributed by atoms with E-state index in [-0.39, 0.29) is 5.91 Å². The Kier molecular flexibility index (Phi) is 7.63. The summed E-state index contributed by atoms with van der Waals surface area (Å²) in [6, 6.07) is 0. The lowest BCUT2D eigenvalue weighted by atomic mass is 10.4. The average molecular weight is 187 g/mol. The smallest absolute Gasteiger partial charge is 0.234 e. The SMILES string of the molecule is CCCNCCNC(=O)CN(C)C. The first-order chi connectivity index (χ1) is 6.16. The number of hydrogen-bond acceptors (Lipinski definition) is 3. The first-order valence-corrected chi connectivity index (χ1v) is 4.79. The van der Waals surface area contributed by atoms with Crippen LogP contribution in [-0.4, -0.2) is 51.1 Å². The molecule has 0 aromatic rings. The molecule has 0 saturated heterocycles. The Morgan fingerprint density at radius 3 is 2.46 bits per heavy atom. The molecule has 4 nitrogen and oxygen atoms in total. The van der Waals surface area contributed by atoms with Crippen molar-refractivity contribution in [1.29, 1.82) is 0 Å². The highest BCUT2D eigenvalue weighted by Gasteiger charge is 2.00. The molecule has 4 heteroatoms. The topological polar surface area (TPSA) is 44.4 Å². The van der Waals surface area contributed by atoms with Gasteiger partial charge in [0.25, 0.3) is 0 Å². The molecule has 0 unspecified atom stereocenters. The van der Waals surface area contributed by atoms with Gasteiger partial charge in [-0.05, 0) is 27.1 Å². The number of nitrogens with zero attached hydrogens (tertiary/aromatic N) is 1. The summed E-state index contributed by atoms with van der Waals surface area (Å²) in [5.41, 5.74) is 0. The molecule has 0 radical (unpaired) electrons. The summed E-state index contributed by atoms with van der Waals surface area (Å²) >= 11 is 0. The maximum atomic E-state index is 11.1. The quantitative estimate of drug-likeness (QED) is 0.536. The van der Waals surface area contributed by atoms with Crippen LogP contribution in [0, 0.1) is 0 Å². The summed E-state index contributed by atoms with van der Waals surface area (Å²) in [5, 5.41) is 6.05. The molecule has 0 aliphatic heterocycles. The van der Waals surface area contributed by atoms with Gasteiger partial charge in [-0.2, -0.15) is 0 Å². The van der Waals surface area contributed by atoms with Gasteiger partial charge >= 0.3 is 0 Å². The van der Waals surface area contributed by atoms with Crippen molar-refractivity contribution in [2.45, 2.75) is 13.3 Å². The van der Waals surface area contributed by atoms with Gasteiger partial charge in [0.15, 0.2) is 0 Å². The lowest BCUT2D eigenvalue weighted by Gasteiger charge is -2.10. The zero-order valence-corrected chi connectivity index (χ0v) is 8.89.